The SMILES string of the molecule is COC(=O)c1ccc(-n2cnc(/C(=C(/N)c3ccc(F)cc3)N(C)N)c2)cc1. The molecule has 0 unspecified atom stereocenters. The Morgan fingerprint density at radius 2 is 1.71 bits per heavy atom. The maximum absolute atomic E-state index is 13.2. The van der Waals surface area contributed by atoms with Crippen LogP contribution in [0.4, 0.5) is 4.39 Å². The van der Waals surface area contributed by atoms with Gasteiger partial charge < -0.3 is 20.0 Å². The van der Waals surface area contributed by atoms with Gasteiger partial charge in [-0.25, -0.2) is 20.0 Å². The lowest BCUT2D eigenvalue weighted by atomic mass is 10.1. The smallest absolute Gasteiger partial charge is 0.337 e. The number of hydrazine groups is 1. The van der Waals surface area contributed by atoms with Gasteiger partial charge >= 0.3 is 5.97 Å². The largest absolute Gasteiger partial charge is 0.465 e. The standard InChI is InChI=1S/C20H20FN5O2/c1-25(23)19(18(22)13-3-7-15(21)8-4-13)17-11-26(12-24-17)16-9-5-14(6-10-16)20(27)28-2/h3-12H,22-23H2,1-2H3/b19-18-. The number of hydrogen-bond donors (Lipinski definition) is 2. The van der Waals surface area contributed by atoms with Crippen molar-refractivity contribution in [3.8, 4) is 5.69 Å². The van der Waals surface area contributed by atoms with Crippen LogP contribution in [0.1, 0.15) is 21.6 Å². The topological polar surface area (TPSA) is 99.4 Å². The first-order valence-electron chi connectivity index (χ1n) is 8.38. The highest BCUT2D eigenvalue weighted by Gasteiger charge is 2.15. The number of benzene rings is 2. The second-order valence-electron chi connectivity index (χ2n) is 6.08. The maximum Gasteiger partial charge on any atom is 0.337 e. The highest BCUT2D eigenvalue weighted by Crippen LogP contribution is 2.24. The molecule has 0 spiro atoms. The normalized spacial score (nSPS) is 11.7. The summed E-state index contributed by atoms with van der Waals surface area (Å²) in [5.74, 6) is 5.22. The van der Waals surface area contributed by atoms with Gasteiger partial charge in [0.15, 0.2) is 0 Å². The number of carbonyl (C=O) groups is 1. The minimum atomic E-state index is -0.403. The number of nitrogens with two attached hydrogens (primary N) is 2. The highest BCUT2D eigenvalue weighted by molar-refractivity contribution is 5.89. The Kier molecular flexibility index (Phi) is 5.42. The summed E-state index contributed by atoms with van der Waals surface area (Å²) in [5, 5.41) is 1.37. The number of nitrogens with zero attached hydrogens (tertiary/aromatic N) is 3. The van der Waals surface area contributed by atoms with Gasteiger partial charge in [-0.1, -0.05) is 0 Å². The average Bonchev–Trinajstić information content (AvgIpc) is 3.17. The molecule has 0 fully saturated rings. The number of imidazole rings is 1. The molecule has 28 heavy (non-hydrogen) atoms. The first-order chi connectivity index (χ1) is 13.4. The predicted molar refractivity (Wildman–Crippen MR) is 104 cm³/mol. The van der Waals surface area contributed by atoms with Gasteiger partial charge in [0.05, 0.1) is 24.7 Å². The molecule has 0 aliphatic heterocycles. The first-order valence-corrected chi connectivity index (χ1v) is 8.38. The van der Waals surface area contributed by atoms with Gasteiger partial charge in [-0.3, -0.25) is 0 Å². The number of rotatable bonds is 5. The van der Waals surface area contributed by atoms with E-state index in [2.05, 4.69) is 4.98 Å². The monoisotopic (exact) mass is 381 g/mol. The summed E-state index contributed by atoms with van der Waals surface area (Å²) < 4.78 is 19.7. The second kappa shape index (κ2) is 7.93. The van der Waals surface area contributed by atoms with Gasteiger partial charge in [-0.2, -0.15) is 0 Å². The van der Waals surface area contributed by atoms with Crippen molar-refractivity contribution in [2.24, 2.45) is 11.6 Å². The Labute approximate surface area is 161 Å². The number of methoxy groups -OCH3 is 1. The molecule has 4 N–H and O–H groups in total. The molecule has 2 aromatic carbocycles. The van der Waals surface area contributed by atoms with Crippen LogP contribution in [0.3, 0.4) is 0 Å². The van der Waals surface area contributed by atoms with Crippen molar-refractivity contribution in [1.82, 2.24) is 14.6 Å². The zero-order valence-corrected chi connectivity index (χ0v) is 15.5. The van der Waals surface area contributed by atoms with Crippen LogP contribution in [-0.2, 0) is 4.74 Å². The van der Waals surface area contributed by atoms with Crippen molar-refractivity contribution in [1.29, 1.82) is 0 Å². The fraction of sp³-hybridized carbons (Fsp3) is 0.100. The van der Waals surface area contributed by atoms with Crippen LogP contribution in [0.5, 0.6) is 0 Å². The van der Waals surface area contributed by atoms with E-state index in [0.717, 1.165) is 5.69 Å². The first kappa shape index (κ1) is 19.1. The summed E-state index contributed by atoms with van der Waals surface area (Å²) in [7, 11) is 2.98. The molecule has 0 saturated carbocycles. The van der Waals surface area contributed by atoms with Crippen LogP contribution in [-0.4, -0.2) is 34.7 Å². The molecule has 0 atom stereocenters. The van der Waals surface area contributed by atoms with Gasteiger partial charge in [-0.05, 0) is 54.1 Å². The van der Waals surface area contributed by atoms with Crippen molar-refractivity contribution in [3.05, 3.63) is 83.7 Å². The van der Waals surface area contributed by atoms with E-state index in [9.17, 15) is 9.18 Å². The van der Waals surface area contributed by atoms with E-state index >= 15 is 0 Å². The molecule has 0 radical (unpaired) electrons. The van der Waals surface area contributed by atoms with Crippen LogP contribution in [0.2, 0.25) is 0 Å². The van der Waals surface area contributed by atoms with Crippen molar-refractivity contribution in [3.63, 3.8) is 0 Å². The Balaban J connectivity index is 1.97. The van der Waals surface area contributed by atoms with E-state index in [0.29, 0.717) is 28.2 Å². The second-order valence-corrected chi connectivity index (χ2v) is 6.08. The molecule has 1 heterocycles. The summed E-state index contributed by atoms with van der Waals surface area (Å²) >= 11 is 0. The lowest BCUT2D eigenvalue weighted by Gasteiger charge is -2.18. The molecule has 0 aliphatic carbocycles. The quantitative estimate of drug-likeness (QED) is 0.400. The van der Waals surface area contributed by atoms with Crippen LogP contribution in [0, 0.1) is 5.82 Å². The molecular weight excluding hydrogens is 361 g/mol. The molecular formula is C20H20FN5O2. The van der Waals surface area contributed by atoms with Gasteiger partial charge in [0.1, 0.15) is 17.2 Å². The van der Waals surface area contributed by atoms with E-state index in [4.69, 9.17) is 16.3 Å². The molecule has 0 amide bonds. The van der Waals surface area contributed by atoms with Crippen molar-refractivity contribution >= 4 is 17.4 Å². The average molecular weight is 381 g/mol. The number of carbonyl (C=O) groups excluding carboxylic acids is 1. The van der Waals surface area contributed by atoms with E-state index in [-0.39, 0.29) is 5.82 Å². The molecule has 0 bridgehead atoms. The Morgan fingerprint density at radius 3 is 2.29 bits per heavy atom. The molecule has 7 nitrogen and oxygen atoms in total. The van der Waals surface area contributed by atoms with Crippen molar-refractivity contribution in [2.45, 2.75) is 0 Å². The molecule has 8 heteroatoms. The number of ether oxygens (including phenoxy) is 1. The van der Waals surface area contributed by atoms with Crippen molar-refractivity contribution < 1.29 is 13.9 Å². The third kappa shape index (κ3) is 3.86. The van der Waals surface area contributed by atoms with Crippen LogP contribution in [0.15, 0.2) is 61.1 Å². The van der Waals surface area contributed by atoms with E-state index in [1.165, 1.54) is 24.3 Å². The number of halogens is 1. The Bertz CT molecular complexity index is 1010. The summed E-state index contributed by atoms with van der Waals surface area (Å²) in [4.78, 5) is 15.9. The van der Waals surface area contributed by atoms with E-state index in [1.807, 2.05) is 0 Å². The molecule has 0 aliphatic rings. The summed E-state index contributed by atoms with van der Waals surface area (Å²) in [6, 6.07) is 12.7. The molecule has 0 saturated heterocycles. The molecule has 3 rings (SSSR count). The summed E-state index contributed by atoms with van der Waals surface area (Å²) in [6.45, 7) is 0. The fourth-order valence-electron chi connectivity index (χ4n) is 2.75. The van der Waals surface area contributed by atoms with E-state index < -0.39 is 5.97 Å². The molecule has 144 valence electrons. The minimum absolute atomic E-state index is 0.348. The van der Waals surface area contributed by atoms with Crippen LogP contribution in [0.25, 0.3) is 17.1 Å². The van der Waals surface area contributed by atoms with Crippen LogP contribution >= 0.6 is 0 Å². The number of hydrogen-bond acceptors (Lipinski definition) is 6. The van der Waals surface area contributed by atoms with Gasteiger partial charge in [0, 0.05) is 18.9 Å². The zero-order valence-electron chi connectivity index (χ0n) is 15.5. The third-order valence-electron chi connectivity index (χ3n) is 4.17. The van der Waals surface area contributed by atoms with Gasteiger partial charge in [0.25, 0.3) is 0 Å². The third-order valence-corrected chi connectivity index (χ3v) is 4.17. The summed E-state index contributed by atoms with van der Waals surface area (Å²) in [5.41, 5.74) is 9.57. The zero-order chi connectivity index (χ0) is 20.3. The van der Waals surface area contributed by atoms with Crippen molar-refractivity contribution in [2.75, 3.05) is 14.2 Å². The fourth-order valence-corrected chi connectivity index (χ4v) is 2.75. The van der Waals surface area contributed by atoms with Gasteiger partial charge in [-0.15, -0.1) is 0 Å². The Hall–Kier alpha value is -3.65. The highest BCUT2D eigenvalue weighted by atomic mass is 19.1. The van der Waals surface area contributed by atoms with Gasteiger partial charge in [0.2, 0.25) is 0 Å². The minimum Gasteiger partial charge on any atom is -0.465 e. The summed E-state index contributed by atoms with van der Waals surface area (Å²) in [6.07, 6.45) is 3.38. The lowest BCUT2D eigenvalue weighted by Crippen LogP contribution is -2.27. The predicted octanol–water partition coefficient (Wildman–Crippen LogP) is 2.39. The Morgan fingerprint density at radius 1 is 1.11 bits per heavy atom. The number of aromatic nitrogens is 2. The lowest BCUT2D eigenvalue weighted by molar-refractivity contribution is 0.0600. The van der Waals surface area contributed by atoms with E-state index in [1.54, 1.807) is 60.5 Å². The van der Waals surface area contributed by atoms with Crippen LogP contribution < -0.4 is 11.6 Å². The molecule has 1 aromatic heterocycles. The number of esters is 1. The molecule has 3 aromatic rings. The maximum atomic E-state index is 13.2.